The van der Waals surface area contributed by atoms with E-state index in [1.54, 1.807) is 0 Å². The number of anilines is 1. The van der Waals surface area contributed by atoms with Crippen molar-refractivity contribution < 1.29 is 0 Å². The molecule has 0 spiro atoms. The van der Waals surface area contributed by atoms with Crippen molar-refractivity contribution >= 4 is 17.3 Å². The van der Waals surface area contributed by atoms with Gasteiger partial charge in [-0.05, 0) is 37.8 Å². The van der Waals surface area contributed by atoms with Crippen LogP contribution in [0.15, 0.2) is 18.3 Å². The first-order valence-corrected chi connectivity index (χ1v) is 6.06. The van der Waals surface area contributed by atoms with E-state index in [9.17, 15) is 0 Å². The van der Waals surface area contributed by atoms with Crippen LogP contribution in [0.25, 0.3) is 0 Å². The van der Waals surface area contributed by atoms with E-state index in [1.165, 1.54) is 12.1 Å². The third-order valence-corrected chi connectivity index (χ3v) is 3.27. The van der Waals surface area contributed by atoms with Crippen LogP contribution < -0.4 is 4.90 Å². The molecule has 3 heteroatoms. The summed E-state index contributed by atoms with van der Waals surface area (Å²) < 4.78 is 0. The number of rotatable bonds is 3. The van der Waals surface area contributed by atoms with Crippen molar-refractivity contribution in [2.75, 3.05) is 23.9 Å². The minimum Gasteiger partial charge on any atom is -0.371 e. The molecule has 0 aromatic carbocycles. The van der Waals surface area contributed by atoms with Gasteiger partial charge in [-0.3, -0.25) is 4.98 Å². The highest BCUT2D eigenvalue weighted by Crippen LogP contribution is 2.25. The number of pyridine rings is 1. The molecule has 2 heterocycles. The fraction of sp³-hybridized carbons (Fsp3) is 0.583. The van der Waals surface area contributed by atoms with E-state index in [4.69, 9.17) is 11.6 Å². The second-order valence-electron chi connectivity index (χ2n) is 4.23. The van der Waals surface area contributed by atoms with Crippen LogP contribution >= 0.6 is 11.6 Å². The molecule has 2 rings (SSSR count). The Kier molecular flexibility index (Phi) is 3.47. The van der Waals surface area contributed by atoms with Crippen LogP contribution in [0.4, 0.5) is 5.69 Å². The molecule has 0 amide bonds. The highest BCUT2D eigenvalue weighted by molar-refractivity contribution is 6.17. The molecule has 0 saturated carbocycles. The second kappa shape index (κ2) is 4.84. The van der Waals surface area contributed by atoms with E-state index < -0.39 is 0 Å². The van der Waals surface area contributed by atoms with Crippen molar-refractivity contribution in [3.05, 3.63) is 24.0 Å². The second-order valence-corrected chi connectivity index (χ2v) is 4.61. The maximum atomic E-state index is 5.77. The topological polar surface area (TPSA) is 16.1 Å². The molecule has 1 fully saturated rings. The van der Waals surface area contributed by atoms with Crippen LogP contribution in [0.5, 0.6) is 0 Å². The first-order chi connectivity index (χ1) is 7.29. The van der Waals surface area contributed by atoms with Gasteiger partial charge in [-0.25, -0.2) is 0 Å². The average Bonchev–Trinajstić information content (AvgIpc) is 2.67. The van der Waals surface area contributed by atoms with Gasteiger partial charge in [0.25, 0.3) is 0 Å². The van der Waals surface area contributed by atoms with Gasteiger partial charge in [-0.1, -0.05) is 0 Å². The molecule has 82 valence electrons. The zero-order chi connectivity index (χ0) is 10.7. The van der Waals surface area contributed by atoms with Crippen LogP contribution in [0.3, 0.4) is 0 Å². The van der Waals surface area contributed by atoms with Gasteiger partial charge in [-0.15, -0.1) is 11.6 Å². The predicted molar refractivity (Wildman–Crippen MR) is 64.6 cm³/mol. The SMILES string of the molecule is Cc1cc(N2CCC(CCCl)C2)ccn1. The zero-order valence-corrected chi connectivity index (χ0v) is 9.87. The molecule has 1 unspecified atom stereocenters. The van der Waals surface area contributed by atoms with Gasteiger partial charge >= 0.3 is 0 Å². The summed E-state index contributed by atoms with van der Waals surface area (Å²) in [4.78, 5) is 6.66. The van der Waals surface area contributed by atoms with Crippen molar-refractivity contribution in [2.45, 2.75) is 19.8 Å². The van der Waals surface area contributed by atoms with Crippen molar-refractivity contribution in [3.8, 4) is 0 Å². The van der Waals surface area contributed by atoms with Crippen LogP contribution in [0, 0.1) is 12.8 Å². The maximum Gasteiger partial charge on any atom is 0.0399 e. The Hall–Kier alpha value is -0.760. The Labute approximate surface area is 96.3 Å². The summed E-state index contributed by atoms with van der Waals surface area (Å²) >= 11 is 5.77. The minimum absolute atomic E-state index is 0.774. The smallest absolute Gasteiger partial charge is 0.0399 e. The first kappa shape index (κ1) is 10.7. The number of nitrogens with zero attached hydrogens (tertiary/aromatic N) is 2. The molecule has 2 nitrogen and oxygen atoms in total. The van der Waals surface area contributed by atoms with Gasteiger partial charge in [0.1, 0.15) is 0 Å². The van der Waals surface area contributed by atoms with Crippen molar-refractivity contribution in [3.63, 3.8) is 0 Å². The lowest BCUT2D eigenvalue weighted by Crippen LogP contribution is -2.19. The van der Waals surface area contributed by atoms with E-state index in [1.807, 2.05) is 13.1 Å². The summed E-state index contributed by atoms with van der Waals surface area (Å²) in [6.07, 6.45) is 4.30. The van der Waals surface area contributed by atoms with Gasteiger partial charge in [-0.2, -0.15) is 0 Å². The lowest BCUT2D eigenvalue weighted by atomic mass is 10.1. The van der Waals surface area contributed by atoms with Gasteiger partial charge in [0.15, 0.2) is 0 Å². The minimum atomic E-state index is 0.774. The Morgan fingerprint density at radius 2 is 2.47 bits per heavy atom. The van der Waals surface area contributed by atoms with Crippen molar-refractivity contribution in [2.24, 2.45) is 5.92 Å². The molecule has 15 heavy (non-hydrogen) atoms. The summed E-state index contributed by atoms with van der Waals surface area (Å²) in [6.45, 7) is 4.34. The standard InChI is InChI=1S/C12H17ClN2/c1-10-8-12(3-6-14-10)15-7-4-11(9-15)2-5-13/h3,6,8,11H,2,4-5,7,9H2,1H3. The molecule has 1 saturated heterocycles. The van der Waals surface area contributed by atoms with E-state index in [2.05, 4.69) is 22.0 Å². The molecule has 1 aromatic rings. The Morgan fingerprint density at radius 3 is 3.20 bits per heavy atom. The molecule has 0 radical (unpaired) electrons. The van der Waals surface area contributed by atoms with E-state index in [0.29, 0.717) is 0 Å². The normalized spacial score (nSPS) is 20.9. The highest BCUT2D eigenvalue weighted by Gasteiger charge is 2.21. The third kappa shape index (κ3) is 2.63. The molecular weight excluding hydrogens is 208 g/mol. The maximum absolute atomic E-state index is 5.77. The van der Waals surface area contributed by atoms with E-state index in [0.717, 1.165) is 37.0 Å². The van der Waals surface area contributed by atoms with E-state index in [-0.39, 0.29) is 0 Å². The fourth-order valence-electron chi connectivity index (χ4n) is 2.18. The Morgan fingerprint density at radius 1 is 1.60 bits per heavy atom. The molecule has 0 N–H and O–H groups in total. The van der Waals surface area contributed by atoms with Gasteiger partial charge < -0.3 is 4.90 Å². The first-order valence-electron chi connectivity index (χ1n) is 5.53. The highest BCUT2D eigenvalue weighted by atomic mass is 35.5. The molecule has 0 aliphatic carbocycles. The monoisotopic (exact) mass is 224 g/mol. The lowest BCUT2D eigenvalue weighted by molar-refractivity contribution is 0.572. The van der Waals surface area contributed by atoms with Gasteiger partial charge in [0.05, 0.1) is 0 Å². The summed E-state index contributed by atoms with van der Waals surface area (Å²) in [6, 6.07) is 4.25. The van der Waals surface area contributed by atoms with Crippen LogP contribution in [0.2, 0.25) is 0 Å². The molecular formula is C12H17ClN2. The fourth-order valence-corrected chi connectivity index (χ4v) is 2.49. The van der Waals surface area contributed by atoms with Crippen molar-refractivity contribution in [1.82, 2.24) is 4.98 Å². The zero-order valence-electron chi connectivity index (χ0n) is 9.12. The van der Waals surface area contributed by atoms with Crippen LogP contribution in [-0.2, 0) is 0 Å². The van der Waals surface area contributed by atoms with Crippen molar-refractivity contribution in [1.29, 1.82) is 0 Å². The summed E-state index contributed by atoms with van der Waals surface area (Å²) in [7, 11) is 0. The Balaban J connectivity index is 2.01. The summed E-state index contributed by atoms with van der Waals surface area (Å²) in [5.41, 5.74) is 2.40. The van der Waals surface area contributed by atoms with Gasteiger partial charge in [0, 0.05) is 36.5 Å². The summed E-state index contributed by atoms with van der Waals surface area (Å²) in [5, 5.41) is 0. The quantitative estimate of drug-likeness (QED) is 0.734. The number of halogens is 1. The largest absolute Gasteiger partial charge is 0.371 e. The molecule has 1 aliphatic heterocycles. The molecule has 1 aromatic heterocycles. The number of hydrogen-bond donors (Lipinski definition) is 0. The summed E-state index contributed by atoms with van der Waals surface area (Å²) in [5.74, 6) is 1.56. The van der Waals surface area contributed by atoms with Crippen LogP contribution in [0.1, 0.15) is 18.5 Å². The Bertz CT molecular complexity index is 327. The molecule has 1 atom stereocenters. The van der Waals surface area contributed by atoms with Crippen LogP contribution in [-0.4, -0.2) is 24.0 Å². The lowest BCUT2D eigenvalue weighted by Gasteiger charge is -2.18. The molecule has 1 aliphatic rings. The number of aryl methyl sites for hydroxylation is 1. The molecule has 0 bridgehead atoms. The van der Waals surface area contributed by atoms with Gasteiger partial charge in [0.2, 0.25) is 0 Å². The van der Waals surface area contributed by atoms with E-state index >= 15 is 0 Å². The third-order valence-electron chi connectivity index (χ3n) is 3.05. The number of hydrogen-bond acceptors (Lipinski definition) is 2. The number of aromatic nitrogens is 1. The predicted octanol–water partition coefficient (Wildman–Crippen LogP) is 2.85. The average molecular weight is 225 g/mol. The number of alkyl halides is 1.